The summed E-state index contributed by atoms with van der Waals surface area (Å²) in [4.78, 5) is 34.5. The molecule has 0 spiro atoms. The number of nitrogens with one attached hydrogen (secondary N) is 1. The van der Waals surface area contributed by atoms with Crippen molar-refractivity contribution in [2.75, 3.05) is 7.11 Å². The fourth-order valence-corrected chi connectivity index (χ4v) is 3.56. The lowest BCUT2D eigenvalue weighted by Gasteiger charge is -2.20. The molecule has 0 saturated carbocycles. The summed E-state index contributed by atoms with van der Waals surface area (Å²) in [6.07, 6.45) is 4.91. The number of nitrogens with zero attached hydrogens (tertiary/aromatic N) is 4. The van der Waals surface area contributed by atoms with Gasteiger partial charge in [0.05, 0.1) is 24.3 Å². The van der Waals surface area contributed by atoms with E-state index in [-0.39, 0.29) is 18.0 Å². The third kappa shape index (κ3) is 4.05. The standard InChI is InChI=1S/C23H23N5O3/c1-15-5-4-6-18-20(15)25-14-28(23(18)30)13-19(29)26-21(22-24-11-12-27(22)2)16-7-9-17(31-3)10-8-16/h4-12,14,21H,13H2,1-3H3,(H,26,29). The normalized spacial score (nSPS) is 12.0. The first-order chi connectivity index (χ1) is 15.0. The molecule has 0 fully saturated rings. The Morgan fingerprint density at radius 2 is 1.94 bits per heavy atom. The van der Waals surface area contributed by atoms with Gasteiger partial charge in [-0.1, -0.05) is 24.3 Å². The highest BCUT2D eigenvalue weighted by molar-refractivity contribution is 5.81. The van der Waals surface area contributed by atoms with Crippen molar-refractivity contribution in [3.05, 3.63) is 88.5 Å². The highest BCUT2D eigenvalue weighted by Gasteiger charge is 2.21. The Kier molecular flexibility index (Phi) is 5.53. The molecule has 1 N–H and O–H groups in total. The van der Waals surface area contributed by atoms with Gasteiger partial charge >= 0.3 is 0 Å². The summed E-state index contributed by atoms with van der Waals surface area (Å²) in [5.74, 6) is 1.08. The quantitative estimate of drug-likeness (QED) is 0.520. The number of carbonyl (C=O) groups is 1. The van der Waals surface area contributed by atoms with Crippen LogP contribution in [0.25, 0.3) is 10.9 Å². The van der Waals surface area contributed by atoms with Gasteiger partial charge in [0.1, 0.15) is 24.2 Å². The van der Waals surface area contributed by atoms with Crippen molar-refractivity contribution in [3.8, 4) is 5.75 Å². The molecule has 0 aliphatic heterocycles. The molecule has 31 heavy (non-hydrogen) atoms. The van der Waals surface area contributed by atoms with Gasteiger partial charge in [-0.3, -0.25) is 14.2 Å². The van der Waals surface area contributed by atoms with Crippen molar-refractivity contribution in [2.45, 2.75) is 19.5 Å². The molecule has 0 aliphatic rings. The Labute approximate surface area is 179 Å². The van der Waals surface area contributed by atoms with E-state index in [2.05, 4.69) is 15.3 Å². The zero-order valence-electron chi connectivity index (χ0n) is 17.6. The fraction of sp³-hybridized carbons (Fsp3) is 0.217. The van der Waals surface area contributed by atoms with Crippen molar-refractivity contribution in [2.24, 2.45) is 7.05 Å². The number of rotatable bonds is 6. The van der Waals surface area contributed by atoms with Crippen LogP contribution in [-0.2, 0) is 18.4 Å². The van der Waals surface area contributed by atoms with Crippen molar-refractivity contribution < 1.29 is 9.53 Å². The number of aromatic nitrogens is 4. The number of para-hydroxylation sites is 1. The highest BCUT2D eigenvalue weighted by atomic mass is 16.5. The molecule has 2 aromatic carbocycles. The lowest BCUT2D eigenvalue weighted by atomic mass is 10.1. The van der Waals surface area contributed by atoms with Crippen LogP contribution in [0, 0.1) is 6.92 Å². The number of imidazole rings is 1. The first-order valence-corrected chi connectivity index (χ1v) is 9.83. The molecule has 0 saturated heterocycles. The molecule has 0 radical (unpaired) electrons. The van der Waals surface area contributed by atoms with E-state index in [4.69, 9.17) is 4.74 Å². The maximum atomic E-state index is 12.9. The zero-order chi connectivity index (χ0) is 22.0. The topological polar surface area (TPSA) is 91.0 Å². The second-order valence-electron chi connectivity index (χ2n) is 7.32. The first kappa shape index (κ1) is 20.3. The van der Waals surface area contributed by atoms with Gasteiger partial charge in [0.25, 0.3) is 5.56 Å². The fourth-order valence-electron chi connectivity index (χ4n) is 3.56. The van der Waals surface area contributed by atoms with Crippen LogP contribution in [0.2, 0.25) is 0 Å². The molecule has 2 heterocycles. The predicted octanol–water partition coefficient (Wildman–Crippen LogP) is 2.35. The van der Waals surface area contributed by atoms with E-state index in [1.807, 2.05) is 61.1 Å². The van der Waals surface area contributed by atoms with E-state index in [0.29, 0.717) is 16.7 Å². The largest absolute Gasteiger partial charge is 0.497 e. The third-order valence-electron chi connectivity index (χ3n) is 5.24. The van der Waals surface area contributed by atoms with E-state index in [9.17, 15) is 9.59 Å². The van der Waals surface area contributed by atoms with Crippen LogP contribution in [0.4, 0.5) is 0 Å². The Morgan fingerprint density at radius 3 is 2.61 bits per heavy atom. The van der Waals surface area contributed by atoms with Gasteiger partial charge in [-0.15, -0.1) is 0 Å². The predicted molar refractivity (Wildman–Crippen MR) is 117 cm³/mol. The van der Waals surface area contributed by atoms with Gasteiger partial charge in [-0.2, -0.15) is 0 Å². The van der Waals surface area contributed by atoms with Gasteiger partial charge < -0.3 is 14.6 Å². The van der Waals surface area contributed by atoms with Crippen LogP contribution in [0.1, 0.15) is 23.0 Å². The summed E-state index contributed by atoms with van der Waals surface area (Å²) in [6, 6.07) is 12.4. The molecule has 0 aliphatic carbocycles. The summed E-state index contributed by atoms with van der Waals surface area (Å²) < 4.78 is 8.40. The van der Waals surface area contributed by atoms with E-state index < -0.39 is 6.04 Å². The lowest BCUT2D eigenvalue weighted by Crippen LogP contribution is -2.36. The van der Waals surface area contributed by atoms with Crippen LogP contribution in [0.15, 0.2) is 66.0 Å². The van der Waals surface area contributed by atoms with E-state index in [1.165, 1.54) is 10.9 Å². The summed E-state index contributed by atoms with van der Waals surface area (Å²) in [5, 5.41) is 3.49. The molecular formula is C23H23N5O3. The minimum atomic E-state index is -0.482. The van der Waals surface area contributed by atoms with Gasteiger partial charge in [0.2, 0.25) is 5.91 Å². The second kappa shape index (κ2) is 8.43. The number of carbonyl (C=O) groups excluding carboxylic acids is 1. The number of hydrogen-bond acceptors (Lipinski definition) is 5. The average molecular weight is 417 g/mol. The van der Waals surface area contributed by atoms with Gasteiger partial charge in [-0.25, -0.2) is 9.97 Å². The first-order valence-electron chi connectivity index (χ1n) is 9.83. The van der Waals surface area contributed by atoms with Crippen molar-refractivity contribution in [3.63, 3.8) is 0 Å². The van der Waals surface area contributed by atoms with Gasteiger partial charge in [0.15, 0.2) is 0 Å². The molecule has 8 nitrogen and oxygen atoms in total. The summed E-state index contributed by atoms with van der Waals surface area (Å²) in [7, 11) is 3.47. The molecule has 0 bridgehead atoms. The maximum Gasteiger partial charge on any atom is 0.261 e. The smallest absolute Gasteiger partial charge is 0.261 e. The number of benzene rings is 2. The SMILES string of the molecule is COc1ccc(C(NC(=O)Cn2cnc3c(C)cccc3c2=O)c2nccn2C)cc1. The molecular weight excluding hydrogens is 394 g/mol. The lowest BCUT2D eigenvalue weighted by molar-refractivity contribution is -0.122. The van der Waals surface area contributed by atoms with Crippen molar-refractivity contribution >= 4 is 16.8 Å². The number of amides is 1. The number of methoxy groups -OCH3 is 1. The Balaban J connectivity index is 1.62. The maximum absolute atomic E-state index is 12.9. The van der Waals surface area contributed by atoms with Crippen LogP contribution in [-0.4, -0.2) is 32.1 Å². The Morgan fingerprint density at radius 1 is 1.16 bits per heavy atom. The zero-order valence-corrected chi connectivity index (χ0v) is 17.6. The Hall–Kier alpha value is -3.94. The van der Waals surface area contributed by atoms with Crippen LogP contribution in [0.3, 0.4) is 0 Å². The molecule has 2 aromatic heterocycles. The third-order valence-corrected chi connectivity index (χ3v) is 5.24. The number of ether oxygens (including phenoxy) is 1. The second-order valence-corrected chi connectivity index (χ2v) is 7.32. The van der Waals surface area contributed by atoms with E-state index in [0.717, 1.165) is 16.9 Å². The molecule has 4 rings (SSSR count). The van der Waals surface area contributed by atoms with Crippen LogP contribution < -0.4 is 15.6 Å². The monoisotopic (exact) mass is 417 g/mol. The molecule has 4 aromatic rings. The van der Waals surface area contributed by atoms with Crippen LogP contribution >= 0.6 is 0 Å². The molecule has 1 atom stereocenters. The molecule has 1 amide bonds. The van der Waals surface area contributed by atoms with Gasteiger partial charge in [0, 0.05) is 19.4 Å². The number of hydrogen-bond donors (Lipinski definition) is 1. The summed E-state index contributed by atoms with van der Waals surface area (Å²) >= 11 is 0. The van der Waals surface area contributed by atoms with Crippen molar-refractivity contribution in [1.29, 1.82) is 0 Å². The number of fused-ring (bicyclic) bond motifs is 1. The van der Waals surface area contributed by atoms with Crippen LogP contribution in [0.5, 0.6) is 5.75 Å². The van der Waals surface area contributed by atoms with Gasteiger partial charge in [-0.05, 0) is 36.2 Å². The minimum Gasteiger partial charge on any atom is -0.497 e. The molecule has 8 heteroatoms. The highest BCUT2D eigenvalue weighted by Crippen LogP contribution is 2.23. The molecule has 1 unspecified atom stereocenters. The average Bonchev–Trinajstić information content (AvgIpc) is 3.20. The summed E-state index contributed by atoms with van der Waals surface area (Å²) in [6.45, 7) is 1.75. The summed E-state index contributed by atoms with van der Waals surface area (Å²) in [5.41, 5.74) is 2.17. The number of aryl methyl sites for hydroxylation is 2. The Bertz CT molecular complexity index is 1290. The van der Waals surface area contributed by atoms with E-state index >= 15 is 0 Å². The van der Waals surface area contributed by atoms with E-state index in [1.54, 1.807) is 19.4 Å². The van der Waals surface area contributed by atoms with Crippen molar-refractivity contribution in [1.82, 2.24) is 24.4 Å². The minimum absolute atomic E-state index is 0.146. The molecule has 158 valence electrons.